The molecule has 1 unspecified atom stereocenters. The van der Waals surface area contributed by atoms with E-state index in [1.54, 1.807) is 0 Å². The third-order valence-electron chi connectivity index (χ3n) is 3.48. The highest BCUT2D eigenvalue weighted by Crippen LogP contribution is 2.17. The first-order valence-corrected chi connectivity index (χ1v) is 7.01. The summed E-state index contributed by atoms with van der Waals surface area (Å²) in [5.74, 6) is 0.776. The molecule has 0 N–H and O–H groups in total. The van der Waals surface area contributed by atoms with Gasteiger partial charge in [-0.2, -0.15) is 0 Å². The van der Waals surface area contributed by atoms with Crippen LogP contribution < -0.4 is 4.90 Å². The second-order valence-electron chi connectivity index (χ2n) is 5.00. The first-order chi connectivity index (χ1) is 8.71. The van der Waals surface area contributed by atoms with Crippen LogP contribution in [0.1, 0.15) is 50.4 Å². The van der Waals surface area contributed by atoms with Gasteiger partial charge in [-0.05, 0) is 43.0 Å². The van der Waals surface area contributed by atoms with Crippen LogP contribution in [0.2, 0.25) is 0 Å². The largest absolute Gasteiger partial charge is 0.372 e. The molecule has 2 heteroatoms. The molecule has 1 rings (SSSR count). The van der Waals surface area contributed by atoms with Crippen LogP contribution in [-0.2, 0) is 0 Å². The molecule has 0 aromatic heterocycles. The van der Waals surface area contributed by atoms with Crippen LogP contribution in [0.4, 0.5) is 5.69 Å². The minimum Gasteiger partial charge on any atom is -0.372 e. The standard InChI is InChI=1S/C16H25NO/c1-4-11-17(12-10-14(3)5-2)16-8-6-15(13-18)7-9-16/h6-9,13-14H,4-5,10-12H2,1-3H3. The van der Waals surface area contributed by atoms with E-state index >= 15 is 0 Å². The molecule has 1 aromatic rings. The van der Waals surface area contributed by atoms with Crippen molar-refractivity contribution in [1.82, 2.24) is 0 Å². The number of anilines is 1. The van der Waals surface area contributed by atoms with Crippen LogP contribution in [0, 0.1) is 5.92 Å². The Bertz CT molecular complexity index is 345. The molecule has 2 nitrogen and oxygen atoms in total. The second-order valence-corrected chi connectivity index (χ2v) is 5.00. The number of benzene rings is 1. The van der Waals surface area contributed by atoms with Crippen molar-refractivity contribution in [1.29, 1.82) is 0 Å². The Hall–Kier alpha value is -1.31. The van der Waals surface area contributed by atoms with Gasteiger partial charge in [0.15, 0.2) is 0 Å². The first-order valence-electron chi connectivity index (χ1n) is 7.01. The fraction of sp³-hybridized carbons (Fsp3) is 0.562. The van der Waals surface area contributed by atoms with E-state index in [1.807, 2.05) is 12.1 Å². The normalized spacial score (nSPS) is 12.2. The van der Waals surface area contributed by atoms with Gasteiger partial charge in [0.2, 0.25) is 0 Å². The number of carbonyl (C=O) groups is 1. The van der Waals surface area contributed by atoms with E-state index in [0.717, 1.165) is 37.3 Å². The maximum Gasteiger partial charge on any atom is 0.150 e. The molecular formula is C16H25NO. The summed E-state index contributed by atoms with van der Waals surface area (Å²) in [6, 6.07) is 7.90. The van der Waals surface area contributed by atoms with Crippen molar-refractivity contribution in [3.05, 3.63) is 29.8 Å². The molecule has 0 aliphatic rings. The first kappa shape index (κ1) is 14.7. The summed E-state index contributed by atoms with van der Waals surface area (Å²) in [6.07, 6.45) is 4.51. The number of nitrogens with zero attached hydrogens (tertiary/aromatic N) is 1. The van der Waals surface area contributed by atoms with Crippen LogP contribution >= 0.6 is 0 Å². The van der Waals surface area contributed by atoms with E-state index in [0.29, 0.717) is 0 Å². The van der Waals surface area contributed by atoms with E-state index in [9.17, 15) is 4.79 Å². The SMILES string of the molecule is CCCN(CCC(C)CC)c1ccc(C=O)cc1. The highest BCUT2D eigenvalue weighted by Gasteiger charge is 2.07. The Balaban J connectivity index is 2.66. The van der Waals surface area contributed by atoms with Crippen LogP contribution in [0.15, 0.2) is 24.3 Å². The zero-order chi connectivity index (χ0) is 13.4. The van der Waals surface area contributed by atoms with Crippen molar-refractivity contribution in [2.45, 2.75) is 40.0 Å². The van der Waals surface area contributed by atoms with Crippen LogP contribution in [0.25, 0.3) is 0 Å². The Labute approximate surface area is 111 Å². The third-order valence-corrected chi connectivity index (χ3v) is 3.48. The summed E-state index contributed by atoms with van der Waals surface area (Å²) < 4.78 is 0. The lowest BCUT2D eigenvalue weighted by Crippen LogP contribution is -2.26. The van der Waals surface area contributed by atoms with Gasteiger partial charge in [0, 0.05) is 24.3 Å². The minimum atomic E-state index is 0.747. The average Bonchev–Trinajstić information content (AvgIpc) is 2.43. The average molecular weight is 247 g/mol. The number of rotatable bonds is 8. The van der Waals surface area contributed by atoms with E-state index in [-0.39, 0.29) is 0 Å². The lowest BCUT2D eigenvalue weighted by Gasteiger charge is -2.25. The van der Waals surface area contributed by atoms with Gasteiger partial charge >= 0.3 is 0 Å². The smallest absolute Gasteiger partial charge is 0.150 e. The maximum atomic E-state index is 10.7. The quantitative estimate of drug-likeness (QED) is 0.643. The Morgan fingerprint density at radius 2 is 1.83 bits per heavy atom. The predicted molar refractivity (Wildman–Crippen MR) is 78.4 cm³/mol. The zero-order valence-electron chi connectivity index (χ0n) is 11.9. The lowest BCUT2D eigenvalue weighted by molar-refractivity contribution is 0.112. The van der Waals surface area contributed by atoms with Gasteiger partial charge in [-0.15, -0.1) is 0 Å². The Morgan fingerprint density at radius 1 is 1.17 bits per heavy atom. The predicted octanol–water partition coefficient (Wildman–Crippen LogP) is 4.15. The fourth-order valence-corrected chi connectivity index (χ4v) is 1.98. The number of hydrogen-bond donors (Lipinski definition) is 0. The monoisotopic (exact) mass is 247 g/mol. The zero-order valence-corrected chi connectivity index (χ0v) is 11.9. The highest BCUT2D eigenvalue weighted by atomic mass is 16.1. The lowest BCUT2D eigenvalue weighted by atomic mass is 10.0. The van der Waals surface area contributed by atoms with Gasteiger partial charge in [-0.1, -0.05) is 27.2 Å². The van der Waals surface area contributed by atoms with Crippen LogP contribution in [-0.4, -0.2) is 19.4 Å². The maximum absolute atomic E-state index is 10.7. The molecule has 0 saturated heterocycles. The van der Waals surface area contributed by atoms with E-state index < -0.39 is 0 Å². The summed E-state index contributed by atoms with van der Waals surface area (Å²) >= 11 is 0. The molecule has 0 spiro atoms. The van der Waals surface area contributed by atoms with Gasteiger partial charge in [-0.25, -0.2) is 0 Å². The van der Waals surface area contributed by atoms with Crippen molar-refractivity contribution in [2.75, 3.05) is 18.0 Å². The molecule has 0 aliphatic heterocycles. The molecule has 0 saturated carbocycles. The molecule has 0 amide bonds. The molecule has 0 heterocycles. The summed E-state index contributed by atoms with van der Waals surface area (Å²) in [6.45, 7) is 8.93. The van der Waals surface area contributed by atoms with E-state index in [2.05, 4.69) is 37.8 Å². The van der Waals surface area contributed by atoms with Crippen LogP contribution in [0.5, 0.6) is 0 Å². The third kappa shape index (κ3) is 4.52. The van der Waals surface area contributed by atoms with Crippen molar-refractivity contribution in [3.63, 3.8) is 0 Å². The summed E-state index contributed by atoms with van der Waals surface area (Å²) in [5, 5.41) is 0. The van der Waals surface area contributed by atoms with Gasteiger partial charge in [0.1, 0.15) is 6.29 Å². The Morgan fingerprint density at radius 3 is 2.33 bits per heavy atom. The topological polar surface area (TPSA) is 20.3 Å². The molecule has 1 atom stereocenters. The van der Waals surface area contributed by atoms with Crippen molar-refractivity contribution < 1.29 is 4.79 Å². The molecule has 0 fully saturated rings. The van der Waals surface area contributed by atoms with Crippen molar-refractivity contribution >= 4 is 12.0 Å². The van der Waals surface area contributed by atoms with Crippen LogP contribution in [0.3, 0.4) is 0 Å². The fourth-order valence-electron chi connectivity index (χ4n) is 1.98. The van der Waals surface area contributed by atoms with Gasteiger partial charge in [0.05, 0.1) is 0 Å². The molecule has 100 valence electrons. The molecular weight excluding hydrogens is 222 g/mol. The second kappa shape index (κ2) is 7.91. The van der Waals surface area contributed by atoms with Gasteiger partial charge < -0.3 is 4.90 Å². The number of aldehydes is 1. The summed E-state index contributed by atoms with van der Waals surface area (Å²) in [4.78, 5) is 13.1. The van der Waals surface area contributed by atoms with Crippen molar-refractivity contribution in [3.8, 4) is 0 Å². The molecule has 1 aromatic carbocycles. The summed E-state index contributed by atoms with van der Waals surface area (Å²) in [5.41, 5.74) is 1.97. The molecule has 18 heavy (non-hydrogen) atoms. The van der Waals surface area contributed by atoms with Crippen molar-refractivity contribution in [2.24, 2.45) is 5.92 Å². The van der Waals surface area contributed by atoms with E-state index in [1.165, 1.54) is 18.5 Å². The van der Waals surface area contributed by atoms with Gasteiger partial charge in [0.25, 0.3) is 0 Å². The molecule has 0 radical (unpaired) electrons. The van der Waals surface area contributed by atoms with Gasteiger partial charge in [-0.3, -0.25) is 4.79 Å². The minimum absolute atomic E-state index is 0.747. The Kier molecular flexibility index (Phi) is 6.48. The molecule has 0 aliphatic carbocycles. The number of carbonyl (C=O) groups excluding carboxylic acids is 1. The summed E-state index contributed by atoms with van der Waals surface area (Å²) in [7, 11) is 0. The molecule has 0 bridgehead atoms. The highest BCUT2D eigenvalue weighted by molar-refractivity contribution is 5.75. The van der Waals surface area contributed by atoms with E-state index in [4.69, 9.17) is 0 Å². The number of hydrogen-bond acceptors (Lipinski definition) is 2.